The molecule has 0 saturated carbocycles. The Bertz CT molecular complexity index is 883. The average molecular weight is 479 g/mol. The van der Waals surface area contributed by atoms with Crippen LogP contribution in [0.5, 0.6) is 0 Å². The predicted molar refractivity (Wildman–Crippen MR) is 132 cm³/mol. The maximum atomic E-state index is 13.6. The molecular weight excluding hydrogens is 436 g/mol. The maximum Gasteiger partial charge on any atom is 0.410 e. The summed E-state index contributed by atoms with van der Waals surface area (Å²) in [5, 5.41) is 6.34. The standard InChI is InChI=1S/C25H38N4O5.2H2/c1-16(28(5)24(32)34-15-17-10-8-7-9-11-17)22(30)27-21(25(2,3)4)23(31)29-13-12-18-20(29)19(33-6)14-26-18;;/h7-11,16,18-21,26H,12-15H2,1-6H3,(H,27,30);2*1H/t16-,18+,19-,20-,21+;;/m0../s1. The Morgan fingerprint density at radius 1 is 1.26 bits per heavy atom. The van der Waals surface area contributed by atoms with Crippen LogP contribution in [0.2, 0.25) is 0 Å². The van der Waals surface area contributed by atoms with E-state index < -0.39 is 29.5 Å². The number of carbonyl (C=O) groups excluding carboxylic acids is 3. The second kappa shape index (κ2) is 10.7. The summed E-state index contributed by atoms with van der Waals surface area (Å²) in [5.74, 6) is -0.531. The second-order valence-electron chi connectivity index (χ2n) is 10.2. The van der Waals surface area contributed by atoms with Gasteiger partial charge in [0.15, 0.2) is 0 Å². The zero-order valence-corrected chi connectivity index (χ0v) is 21.0. The smallest absolute Gasteiger partial charge is 0.410 e. The van der Waals surface area contributed by atoms with E-state index in [2.05, 4.69) is 10.6 Å². The Morgan fingerprint density at radius 3 is 2.56 bits per heavy atom. The van der Waals surface area contributed by atoms with Crippen LogP contribution < -0.4 is 10.6 Å². The number of likely N-dealkylation sites (N-methyl/N-ethyl adjacent to an activating group) is 1. The third-order valence-electron chi connectivity index (χ3n) is 6.85. The Morgan fingerprint density at radius 2 is 1.94 bits per heavy atom. The molecule has 2 N–H and O–H groups in total. The first-order valence-electron chi connectivity index (χ1n) is 11.8. The van der Waals surface area contributed by atoms with Gasteiger partial charge in [0.2, 0.25) is 11.8 Å². The Kier molecular flexibility index (Phi) is 8.20. The molecule has 2 saturated heterocycles. The number of ether oxygens (including phenoxy) is 2. The van der Waals surface area contributed by atoms with Crippen molar-refractivity contribution < 1.29 is 26.7 Å². The first kappa shape index (κ1) is 26.0. The molecule has 9 nitrogen and oxygen atoms in total. The summed E-state index contributed by atoms with van der Waals surface area (Å²) in [5.41, 5.74) is 0.338. The number of benzene rings is 1. The van der Waals surface area contributed by atoms with Crippen LogP contribution in [0.15, 0.2) is 30.3 Å². The molecule has 0 radical (unpaired) electrons. The molecule has 2 aliphatic rings. The highest BCUT2D eigenvalue weighted by atomic mass is 16.6. The van der Waals surface area contributed by atoms with Crippen molar-refractivity contribution in [2.45, 2.75) is 71.0 Å². The van der Waals surface area contributed by atoms with Gasteiger partial charge >= 0.3 is 6.09 Å². The number of hydrogen-bond donors (Lipinski definition) is 2. The van der Waals surface area contributed by atoms with E-state index in [1.54, 1.807) is 14.0 Å². The zero-order chi connectivity index (χ0) is 25.0. The maximum absolute atomic E-state index is 13.6. The van der Waals surface area contributed by atoms with E-state index in [4.69, 9.17) is 9.47 Å². The molecule has 2 fully saturated rings. The molecular formula is C25H42N4O5. The molecule has 192 valence electrons. The van der Waals surface area contributed by atoms with E-state index in [0.717, 1.165) is 12.0 Å². The van der Waals surface area contributed by atoms with Crippen molar-refractivity contribution in [1.29, 1.82) is 0 Å². The van der Waals surface area contributed by atoms with Crippen LogP contribution >= 0.6 is 0 Å². The monoisotopic (exact) mass is 478 g/mol. The third-order valence-corrected chi connectivity index (χ3v) is 6.85. The lowest BCUT2D eigenvalue weighted by atomic mass is 9.85. The fraction of sp³-hybridized carbons (Fsp3) is 0.640. The van der Waals surface area contributed by atoms with Gasteiger partial charge in [-0.1, -0.05) is 51.1 Å². The van der Waals surface area contributed by atoms with Gasteiger partial charge in [-0.2, -0.15) is 0 Å². The minimum atomic E-state index is -0.813. The van der Waals surface area contributed by atoms with Crippen LogP contribution in [0, 0.1) is 5.41 Å². The molecule has 9 heteroatoms. The minimum Gasteiger partial charge on any atom is -0.445 e. The van der Waals surface area contributed by atoms with E-state index in [1.165, 1.54) is 11.9 Å². The summed E-state index contributed by atoms with van der Waals surface area (Å²) >= 11 is 0. The van der Waals surface area contributed by atoms with Crippen LogP contribution in [0.25, 0.3) is 0 Å². The number of amides is 3. The second-order valence-corrected chi connectivity index (χ2v) is 10.2. The minimum absolute atomic E-state index is 0. The first-order valence-corrected chi connectivity index (χ1v) is 11.8. The molecule has 0 aromatic heterocycles. The molecule has 0 bridgehead atoms. The van der Waals surface area contributed by atoms with E-state index in [1.807, 2.05) is 56.0 Å². The molecule has 2 heterocycles. The highest BCUT2D eigenvalue weighted by Gasteiger charge is 2.49. The summed E-state index contributed by atoms with van der Waals surface area (Å²) in [6.45, 7) is 8.83. The van der Waals surface area contributed by atoms with Crippen molar-refractivity contribution in [2.24, 2.45) is 5.41 Å². The SMILES string of the molecule is CO[C@H]1CN[C@@H]2CCN(C(=O)[C@@H](NC(=O)[C@H](C)N(C)C(=O)OCc3ccccc3)C(C)(C)C)[C@H]12.[HH].[HH]. The van der Waals surface area contributed by atoms with Crippen LogP contribution in [0.1, 0.15) is 42.5 Å². The van der Waals surface area contributed by atoms with E-state index >= 15 is 0 Å². The van der Waals surface area contributed by atoms with Gasteiger partial charge in [-0.05, 0) is 24.3 Å². The van der Waals surface area contributed by atoms with Crippen molar-refractivity contribution in [3.8, 4) is 0 Å². The normalized spacial score (nSPS) is 23.7. The van der Waals surface area contributed by atoms with Crippen LogP contribution in [0.4, 0.5) is 4.79 Å². The largest absolute Gasteiger partial charge is 0.445 e. The van der Waals surface area contributed by atoms with E-state index in [-0.39, 0.29) is 33.6 Å². The highest BCUT2D eigenvalue weighted by Crippen LogP contribution is 2.30. The summed E-state index contributed by atoms with van der Waals surface area (Å²) in [6.07, 6.45) is 0.178. The van der Waals surface area contributed by atoms with Gasteiger partial charge in [0.1, 0.15) is 18.7 Å². The molecule has 1 aromatic carbocycles. The van der Waals surface area contributed by atoms with E-state index in [0.29, 0.717) is 13.1 Å². The Hall–Kier alpha value is -2.65. The molecule has 0 aliphatic carbocycles. The van der Waals surface area contributed by atoms with Gasteiger partial charge in [-0.25, -0.2) is 4.79 Å². The fourth-order valence-electron chi connectivity index (χ4n) is 4.60. The lowest BCUT2D eigenvalue weighted by molar-refractivity contribution is -0.142. The van der Waals surface area contributed by atoms with Gasteiger partial charge in [0, 0.05) is 36.1 Å². The first-order chi connectivity index (χ1) is 16.0. The van der Waals surface area contributed by atoms with Crippen LogP contribution in [-0.2, 0) is 25.7 Å². The van der Waals surface area contributed by atoms with Crippen LogP contribution in [0.3, 0.4) is 0 Å². The van der Waals surface area contributed by atoms with Gasteiger partial charge in [0.05, 0.1) is 12.1 Å². The number of nitrogens with one attached hydrogen (secondary N) is 2. The summed E-state index contributed by atoms with van der Waals surface area (Å²) in [4.78, 5) is 42.4. The molecule has 34 heavy (non-hydrogen) atoms. The lowest BCUT2D eigenvalue weighted by Gasteiger charge is -2.37. The zero-order valence-electron chi connectivity index (χ0n) is 21.0. The molecule has 2 aliphatic heterocycles. The third kappa shape index (κ3) is 5.70. The fourth-order valence-corrected chi connectivity index (χ4v) is 4.60. The topological polar surface area (TPSA) is 100 Å². The molecule has 0 spiro atoms. The van der Waals surface area contributed by atoms with Gasteiger partial charge in [0.25, 0.3) is 0 Å². The van der Waals surface area contributed by atoms with Crippen molar-refractivity contribution in [1.82, 2.24) is 20.4 Å². The Balaban J connectivity index is 0.00000324. The van der Waals surface area contributed by atoms with Crippen molar-refractivity contribution in [2.75, 3.05) is 27.2 Å². The lowest BCUT2D eigenvalue weighted by Crippen LogP contribution is -2.60. The number of fused-ring (bicyclic) bond motifs is 1. The van der Waals surface area contributed by atoms with E-state index in [9.17, 15) is 14.4 Å². The number of rotatable bonds is 7. The van der Waals surface area contributed by atoms with Crippen molar-refractivity contribution in [3.05, 3.63) is 35.9 Å². The molecule has 0 unspecified atom stereocenters. The molecule has 3 amide bonds. The molecule has 5 atom stereocenters. The number of methoxy groups -OCH3 is 1. The van der Waals surface area contributed by atoms with Crippen LogP contribution in [-0.4, -0.2) is 85.2 Å². The number of hydrogen-bond acceptors (Lipinski definition) is 6. The van der Waals surface area contributed by atoms with Gasteiger partial charge < -0.3 is 25.0 Å². The Labute approximate surface area is 205 Å². The summed E-state index contributed by atoms with van der Waals surface area (Å²) < 4.78 is 10.9. The summed E-state index contributed by atoms with van der Waals surface area (Å²) in [7, 11) is 3.18. The summed E-state index contributed by atoms with van der Waals surface area (Å²) in [6, 6.07) is 7.94. The van der Waals surface area contributed by atoms with Crippen molar-refractivity contribution >= 4 is 17.9 Å². The number of carbonyl (C=O) groups is 3. The molecule has 1 aromatic rings. The predicted octanol–water partition coefficient (Wildman–Crippen LogP) is 2.25. The quantitative estimate of drug-likeness (QED) is 0.624. The van der Waals surface area contributed by atoms with Gasteiger partial charge in [-0.15, -0.1) is 0 Å². The number of nitrogens with zero attached hydrogens (tertiary/aromatic N) is 2. The highest BCUT2D eigenvalue weighted by molar-refractivity contribution is 5.91. The van der Waals surface area contributed by atoms with Crippen molar-refractivity contribution in [3.63, 3.8) is 0 Å². The van der Waals surface area contributed by atoms with Gasteiger partial charge in [-0.3, -0.25) is 14.5 Å². The molecule has 3 rings (SSSR count). The number of likely N-dealkylation sites (tertiary alicyclic amines) is 1. The average Bonchev–Trinajstić information content (AvgIpc) is 3.41.